The zero-order valence-electron chi connectivity index (χ0n) is 11.3. The van der Waals surface area contributed by atoms with E-state index in [1.165, 1.54) is 0 Å². The number of benzene rings is 2. The molecule has 0 heterocycles. The van der Waals surface area contributed by atoms with Gasteiger partial charge in [0.15, 0.2) is 5.78 Å². The SMILES string of the molecule is CCC(=O)COc1ccc(-c2ccccc2C#N)cc1. The molecule has 0 aliphatic carbocycles. The second-order valence-electron chi connectivity index (χ2n) is 4.36. The lowest BCUT2D eigenvalue weighted by atomic mass is 10.0. The molecule has 2 rings (SSSR count). The fourth-order valence-corrected chi connectivity index (χ4v) is 1.83. The van der Waals surface area contributed by atoms with Crippen LogP contribution in [0.25, 0.3) is 11.1 Å². The van der Waals surface area contributed by atoms with E-state index in [-0.39, 0.29) is 12.4 Å². The molecule has 0 saturated carbocycles. The van der Waals surface area contributed by atoms with Gasteiger partial charge in [-0.3, -0.25) is 4.79 Å². The molecule has 0 aromatic heterocycles. The second-order valence-corrected chi connectivity index (χ2v) is 4.36. The fraction of sp³-hybridized carbons (Fsp3) is 0.176. The van der Waals surface area contributed by atoms with Crippen LogP contribution in [0.5, 0.6) is 5.75 Å². The molecule has 3 heteroatoms. The highest BCUT2D eigenvalue weighted by Crippen LogP contribution is 2.25. The van der Waals surface area contributed by atoms with Crippen molar-refractivity contribution in [3.05, 3.63) is 54.1 Å². The minimum absolute atomic E-state index is 0.0731. The molecule has 20 heavy (non-hydrogen) atoms. The third-order valence-corrected chi connectivity index (χ3v) is 3.01. The largest absolute Gasteiger partial charge is 0.486 e. The maximum Gasteiger partial charge on any atom is 0.169 e. The molecule has 0 atom stereocenters. The first-order valence-electron chi connectivity index (χ1n) is 6.48. The van der Waals surface area contributed by atoms with Crippen LogP contribution in [0.2, 0.25) is 0 Å². The summed E-state index contributed by atoms with van der Waals surface area (Å²) in [7, 11) is 0. The number of nitriles is 1. The summed E-state index contributed by atoms with van der Waals surface area (Å²) in [6.07, 6.45) is 0.480. The highest BCUT2D eigenvalue weighted by Gasteiger charge is 2.05. The van der Waals surface area contributed by atoms with E-state index in [0.29, 0.717) is 17.7 Å². The molecule has 0 aliphatic heterocycles. The van der Waals surface area contributed by atoms with E-state index in [9.17, 15) is 4.79 Å². The molecule has 0 spiro atoms. The molecule has 0 amide bonds. The smallest absolute Gasteiger partial charge is 0.169 e. The number of hydrogen-bond donors (Lipinski definition) is 0. The Morgan fingerprint density at radius 2 is 1.85 bits per heavy atom. The molecule has 0 fully saturated rings. The minimum atomic E-state index is 0.0731. The van der Waals surface area contributed by atoms with Crippen LogP contribution in [0.15, 0.2) is 48.5 Å². The number of ether oxygens (including phenoxy) is 1. The summed E-state index contributed by atoms with van der Waals surface area (Å²) < 4.78 is 5.39. The average molecular weight is 265 g/mol. The second kappa shape index (κ2) is 6.53. The van der Waals surface area contributed by atoms with Gasteiger partial charge in [-0.2, -0.15) is 5.26 Å². The molecule has 3 nitrogen and oxygen atoms in total. The van der Waals surface area contributed by atoms with Crippen LogP contribution in [-0.4, -0.2) is 12.4 Å². The van der Waals surface area contributed by atoms with Gasteiger partial charge < -0.3 is 4.74 Å². The maximum absolute atomic E-state index is 11.2. The summed E-state index contributed by atoms with van der Waals surface area (Å²) in [6, 6.07) is 17.0. The van der Waals surface area contributed by atoms with Gasteiger partial charge in [0.05, 0.1) is 11.6 Å². The van der Waals surface area contributed by atoms with Crippen LogP contribution in [0.1, 0.15) is 18.9 Å². The zero-order chi connectivity index (χ0) is 14.4. The third-order valence-electron chi connectivity index (χ3n) is 3.01. The van der Waals surface area contributed by atoms with Crippen molar-refractivity contribution in [3.63, 3.8) is 0 Å². The molecular weight excluding hydrogens is 250 g/mol. The first-order chi connectivity index (χ1) is 9.74. The molecule has 100 valence electrons. The summed E-state index contributed by atoms with van der Waals surface area (Å²) in [5, 5.41) is 9.09. The third kappa shape index (κ3) is 3.24. The van der Waals surface area contributed by atoms with Crippen LogP contribution < -0.4 is 4.74 Å². The lowest BCUT2D eigenvalue weighted by molar-refractivity contribution is -0.120. The molecule has 2 aromatic rings. The predicted molar refractivity (Wildman–Crippen MR) is 77.4 cm³/mol. The Hall–Kier alpha value is -2.60. The van der Waals surface area contributed by atoms with Crippen molar-refractivity contribution < 1.29 is 9.53 Å². The number of carbonyl (C=O) groups is 1. The maximum atomic E-state index is 11.2. The van der Waals surface area contributed by atoms with E-state index in [4.69, 9.17) is 10.00 Å². The van der Waals surface area contributed by atoms with Gasteiger partial charge in [0, 0.05) is 6.42 Å². The van der Waals surface area contributed by atoms with Gasteiger partial charge in [-0.05, 0) is 29.3 Å². The Labute approximate surface area is 118 Å². The predicted octanol–water partition coefficient (Wildman–Crippen LogP) is 3.58. The molecule has 0 unspecified atom stereocenters. The zero-order valence-corrected chi connectivity index (χ0v) is 11.3. The average Bonchev–Trinajstić information content (AvgIpc) is 2.53. The van der Waals surface area contributed by atoms with E-state index in [1.54, 1.807) is 6.07 Å². The molecule has 0 radical (unpaired) electrons. The number of Topliss-reactive ketones (excluding diaryl/α,β-unsaturated/α-hetero) is 1. The van der Waals surface area contributed by atoms with Gasteiger partial charge in [-0.25, -0.2) is 0 Å². The van der Waals surface area contributed by atoms with Gasteiger partial charge in [0.1, 0.15) is 12.4 Å². The molecule has 0 saturated heterocycles. The van der Waals surface area contributed by atoms with Crippen LogP contribution in [0.3, 0.4) is 0 Å². The summed E-state index contributed by atoms with van der Waals surface area (Å²) in [4.78, 5) is 11.2. The van der Waals surface area contributed by atoms with Crippen molar-refractivity contribution in [2.24, 2.45) is 0 Å². The monoisotopic (exact) mass is 265 g/mol. The van der Waals surface area contributed by atoms with Crippen LogP contribution in [-0.2, 0) is 4.79 Å². The Bertz CT molecular complexity index is 639. The Morgan fingerprint density at radius 1 is 1.15 bits per heavy atom. The van der Waals surface area contributed by atoms with Gasteiger partial charge >= 0.3 is 0 Å². The van der Waals surface area contributed by atoms with E-state index in [1.807, 2.05) is 49.4 Å². The van der Waals surface area contributed by atoms with Crippen molar-refractivity contribution >= 4 is 5.78 Å². The van der Waals surface area contributed by atoms with Gasteiger partial charge in [-0.15, -0.1) is 0 Å². The first-order valence-corrected chi connectivity index (χ1v) is 6.48. The highest BCUT2D eigenvalue weighted by atomic mass is 16.5. The lowest BCUT2D eigenvalue weighted by Gasteiger charge is -2.07. The Kier molecular flexibility index (Phi) is 4.52. The van der Waals surface area contributed by atoms with E-state index < -0.39 is 0 Å². The first kappa shape index (κ1) is 13.8. The normalized spacial score (nSPS) is 9.80. The van der Waals surface area contributed by atoms with Crippen molar-refractivity contribution in [3.8, 4) is 22.9 Å². The number of rotatable bonds is 5. The summed E-state index contributed by atoms with van der Waals surface area (Å²) >= 11 is 0. The quantitative estimate of drug-likeness (QED) is 0.830. The Balaban J connectivity index is 2.16. The Morgan fingerprint density at radius 3 is 2.50 bits per heavy atom. The summed E-state index contributed by atoms with van der Waals surface area (Å²) in [6.45, 7) is 1.91. The molecule has 2 aromatic carbocycles. The van der Waals surface area contributed by atoms with Crippen LogP contribution >= 0.6 is 0 Å². The fourth-order valence-electron chi connectivity index (χ4n) is 1.83. The number of carbonyl (C=O) groups excluding carboxylic acids is 1. The molecule has 0 N–H and O–H groups in total. The van der Waals surface area contributed by atoms with E-state index in [2.05, 4.69) is 6.07 Å². The van der Waals surface area contributed by atoms with E-state index >= 15 is 0 Å². The van der Waals surface area contributed by atoms with Crippen molar-refractivity contribution in [1.82, 2.24) is 0 Å². The van der Waals surface area contributed by atoms with Crippen LogP contribution in [0, 0.1) is 11.3 Å². The lowest BCUT2D eigenvalue weighted by Crippen LogP contribution is -2.09. The van der Waals surface area contributed by atoms with Crippen molar-refractivity contribution in [2.75, 3.05) is 6.61 Å². The molecular formula is C17H15NO2. The van der Waals surface area contributed by atoms with Crippen molar-refractivity contribution in [2.45, 2.75) is 13.3 Å². The standard InChI is InChI=1S/C17H15NO2/c1-2-15(19)12-20-16-9-7-13(8-10-16)17-6-4-3-5-14(17)11-18/h3-10H,2,12H2,1H3. The number of nitrogens with zero attached hydrogens (tertiary/aromatic N) is 1. The van der Waals surface area contributed by atoms with Gasteiger partial charge in [0.2, 0.25) is 0 Å². The molecule has 0 bridgehead atoms. The molecule has 0 aliphatic rings. The van der Waals surface area contributed by atoms with Gasteiger partial charge in [-0.1, -0.05) is 37.3 Å². The van der Waals surface area contributed by atoms with Crippen molar-refractivity contribution in [1.29, 1.82) is 5.26 Å². The topological polar surface area (TPSA) is 50.1 Å². The van der Waals surface area contributed by atoms with E-state index in [0.717, 1.165) is 11.1 Å². The minimum Gasteiger partial charge on any atom is -0.486 e. The van der Waals surface area contributed by atoms with Gasteiger partial charge in [0.25, 0.3) is 0 Å². The summed E-state index contributed by atoms with van der Waals surface area (Å²) in [5.41, 5.74) is 2.49. The summed E-state index contributed by atoms with van der Waals surface area (Å²) in [5.74, 6) is 0.730. The number of ketones is 1. The highest BCUT2D eigenvalue weighted by molar-refractivity contribution is 5.79. The number of hydrogen-bond acceptors (Lipinski definition) is 3. The van der Waals surface area contributed by atoms with Crippen LogP contribution in [0.4, 0.5) is 0 Å².